The number of anilines is 2. The van der Waals surface area contributed by atoms with Gasteiger partial charge in [0.15, 0.2) is 5.13 Å². The number of fused-ring (bicyclic) bond motifs is 1. The molecule has 1 aliphatic heterocycles. The van der Waals surface area contributed by atoms with Crippen LogP contribution in [0, 0.1) is 5.82 Å². The summed E-state index contributed by atoms with van der Waals surface area (Å²) in [6.07, 6.45) is -5.09. The van der Waals surface area contributed by atoms with Gasteiger partial charge in [-0.15, -0.1) is 0 Å². The zero-order valence-electron chi connectivity index (χ0n) is 17.8. The van der Waals surface area contributed by atoms with Gasteiger partial charge in [0.1, 0.15) is 11.9 Å². The maximum absolute atomic E-state index is 14.3. The van der Waals surface area contributed by atoms with Crippen LogP contribution in [-0.2, 0) is 15.1 Å². The van der Waals surface area contributed by atoms with Crippen LogP contribution in [0.1, 0.15) is 5.56 Å². The van der Waals surface area contributed by atoms with Crippen LogP contribution in [0.4, 0.5) is 33.2 Å². The van der Waals surface area contributed by atoms with Gasteiger partial charge in [0.2, 0.25) is 5.54 Å². The Morgan fingerprint density at radius 3 is 2.51 bits per heavy atom. The summed E-state index contributed by atoms with van der Waals surface area (Å²) in [5, 5.41) is 16.3. The van der Waals surface area contributed by atoms with Crippen LogP contribution in [0.3, 0.4) is 0 Å². The van der Waals surface area contributed by atoms with Crippen LogP contribution in [0.2, 0.25) is 0 Å². The molecule has 9 nitrogen and oxygen atoms in total. The fourth-order valence-corrected chi connectivity index (χ4v) is 4.64. The van der Waals surface area contributed by atoms with Crippen molar-refractivity contribution in [2.24, 2.45) is 0 Å². The molecule has 0 radical (unpaired) electrons. The van der Waals surface area contributed by atoms with Crippen LogP contribution >= 0.6 is 11.3 Å². The summed E-state index contributed by atoms with van der Waals surface area (Å²) in [4.78, 5) is 41.1. The number of alkyl halides is 3. The molecule has 0 spiro atoms. The summed E-state index contributed by atoms with van der Waals surface area (Å²) in [5.74, 6) is -3.37. The average molecular weight is 511 g/mol. The van der Waals surface area contributed by atoms with Crippen LogP contribution < -0.4 is 16.0 Å². The summed E-state index contributed by atoms with van der Waals surface area (Å²) in [6, 6.07) is 6.32. The smallest absolute Gasteiger partial charge is 0.419 e. The number of carboxylic acid groups (broad SMARTS) is 1. The molecule has 1 fully saturated rings. The number of rotatable bonds is 4. The molecule has 2 aromatic carbocycles. The number of aromatic nitrogens is 1. The van der Waals surface area contributed by atoms with Gasteiger partial charge in [-0.3, -0.25) is 15.4 Å². The molecule has 0 aliphatic carbocycles. The Balaban J connectivity index is 1.63. The SMILES string of the molecule is CN1C(=O)[C@](c2ccc3nc(NC(=O)Nc4ccc(F)cc4)sc3c2)(C(F)(F)F)NC[C@H]1C(=O)O. The van der Waals surface area contributed by atoms with E-state index < -0.39 is 53.6 Å². The van der Waals surface area contributed by atoms with Crippen molar-refractivity contribution in [2.75, 3.05) is 24.2 Å². The highest BCUT2D eigenvalue weighted by Crippen LogP contribution is 2.43. The summed E-state index contributed by atoms with van der Waals surface area (Å²) in [7, 11) is 1.01. The fraction of sp³-hybridized carbons (Fsp3) is 0.238. The molecule has 35 heavy (non-hydrogen) atoms. The Morgan fingerprint density at radius 2 is 1.89 bits per heavy atom. The third kappa shape index (κ3) is 4.37. The number of likely N-dealkylation sites (N-methyl/N-ethyl adjacent to an activating group) is 1. The number of carboxylic acids is 1. The van der Waals surface area contributed by atoms with E-state index in [4.69, 9.17) is 0 Å². The van der Waals surface area contributed by atoms with Gasteiger partial charge in [0.05, 0.1) is 10.2 Å². The minimum atomic E-state index is -5.09. The molecule has 0 unspecified atom stereocenters. The molecule has 1 aromatic heterocycles. The summed E-state index contributed by atoms with van der Waals surface area (Å²) >= 11 is 0.876. The zero-order chi connectivity index (χ0) is 25.5. The van der Waals surface area contributed by atoms with Gasteiger partial charge in [0, 0.05) is 19.3 Å². The minimum Gasteiger partial charge on any atom is -0.480 e. The monoisotopic (exact) mass is 511 g/mol. The highest BCUT2D eigenvalue weighted by atomic mass is 32.1. The Bertz CT molecular complexity index is 1310. The number of piperazine rings is 1. The van der Waals surface area contributed by atoms with Crippen LogP contribution in [-0.4, -0.2) is 58.7 Å². The van der Waals surface area contributed by atoms with Crippen molar-refractivity contribution in [3.8, 4) is 0 Å². The number of thiazole rings is 1. The number of urea groups is 1. The van der Waals surface area contributed by atoms with Gasteiger partial charge in [-0.25, -0.2) is 19.0 Å². The summed E-state index contributed by atoms with van der Waals surface area (Å²) < 4.78 is 56.1. The molecule has 2 heterocycles. The van der Waals surface area contributed by atoms with Crippen LogP contribution in [0.15, 0.2) is 42.5 Å². The predicted molar refractivity (Wildman–Crippen MR) is 119 cm³/mol. The number of nitrogens with zero attached hydrogens (tertiary/aromatic N) is 2. The number of benzene rings is 2. The van der Waals surface area contributed by atoms with E-state index >= 15 is 0 Å². The number of carbonyl (C=O) groups is 3. The number of halogens is 4. The van der Waals surface area contributed by atoms with E-state index in [1.54, 1.807) is 0 Å². The van der Waals surface area contributed by atoms with Gasteiger partial charge in [-0.1, -0.05) is 17.4 Å². The molecular weight excluding hydrogens is 494 g/mol. The molecule has 3 amide bonds. The van der Waals surface area contributed by atoms with Crippen molar-refractivity contribution in [3.05, 3.63) is 53.8 Å². The summed E-state index contributed by atoms with van der Waals surface area (Å²) in [6.45, 7) is -0.617. The van der Waals surface area contributed by atoms with Crippen molar-refractivity contribution in [2.45, 2.75) is 17.8 Å². The molecule has 0 saturated carbocycles. The third-order valence-electron chi connectivity index (χ3n) is 5.52. The number of amides is 3. The van der Waals surface area contributed by atoms with Crippen LogP contribution in [0.5, 0.6) is 0 Å². The molecule has 3 aromatic rings. The van der Waals surface area contributed by atoms with Crippen molar-refractivity contribution in [3.63, 3.8) is 0 Å². The van der Waals surface area contributed by atoms with Crippen molar-refractivity contribution in [1.82, 2.24) is 15.2 Å². The lowest BCUT2D eigenvalue weighted by molar-refractivity contribution is -0.217. The highest BCUT2D eigenvalue weighted by Gasteiger charge is 2.65. The number of aliphatic carboxylic acids is 1. The first-order chi connectivity index (χ1) is 16.4. The zero-order valence-corrected chi connectivity index (χ0v) is 18.6. The summed E-state index contributed by atoms with van der Waals surface area (Å²) in [5.41, 5.74) is -3.01. The number of nitrogens with one attached hydrogen (secondary N) is 3. The lowest BCUT2D eigenvalue weighted by Crippen LogP contribution is -2.71. The molecular formula is C21H17F4N5O4S. The first kappa shape index (κ1) is 24.3. The van der Waals surface area contributed by atoms with Crippen molar-refractivity contribution < 1.29 is 37.1 Å². The fourth-order valence-electron chi connectivity index (χ4n) is 3.74. The van der Waals surface area contributed by atoms with Gasteiger partial charge in [0.25, 0.3) is 5.91 Å². The quantitative estimate of drug-likeness (QED) is 0.399. The van der Waals surface area contributed by atoms with Gasteiger partial charge >= 0.3 is 18.2 Å². The molecule has 1 aliphatic rings. The van der Waals surface area contributed by atoms with E-state index in [1.807, 2.05) is 0 Å². The lowest BCUT2D eigenvalue weighted by atomic mass is 9.84. The third-order valence-corrected chi connectivity index (χ3v) is 6.46. The van der Waals surface area contributed by atoms with Crippen LogP contribution in [0.25, 0.3) is 10.2 Å². The first-order valence-corrected chi connectivity index (χ1v) is 10.8. The standard InChI is InChI=1S/C21H17F4N5O4S/c1-30-14(16(31)32)9-26-20(17(30)33,21(23,24)25)10-2-7-13-15(8-10)35-19(28-13)29-18(34)27-12-5-3-11(22)4-6-12/h2-8,14,26H,9H2,1H3,(H,31,32)(H2,27,28,29,34)/t14-,20+/m0/s1. The molecule has 0 bridgehead atoms. The van der Waals surface area contributed by atoms with E-state index in [2.05, 4.69) is 20.9 Å². The van der Waals surface area contributed by atoms with E-state index in [-0.39, 0.29) is 15.3 Å². The maximum Gasteiger partial charge on any atom is 0.419 e. The second kappa shape index (κ2) is 8.78. The minimum absolute atomic E-state index is 0.0730. The number of hydrogen-bond donors (Lipinski definition) is 4. The maximum atomic E-state index is 14.3. The topological polar surface area (TPSA) is 124 Å². The Labute approximate surface area is 198 Å². The Kier molecular flexibility index (Phi) is 6.11. The lowest BCUT2D eigenvalue weighted by Gasteiger charge is -2.44. The Hall–Kier alpha value is -3.78. The average Bonchev–Trinajstić information content (AvgIpc) is 3.17. The predicted octanol–water partition coefficient (Wildman–Crippen LogP) is 3.35. The second-order valence-corrected chi connectivity index (χ2v) is 8.72. The molecule has 14 heteroatoms. The molecule has 184 valence electrons. The van der Waals surface area contributed by atoms with E-state index in [9.17, 15) is 37.1 Å². The molecule has 2 atom stereocenters. The van der Waals surface area contributed by atoms with E-state index in [1.165, 1.54) is 18.2 Å². The normalized spacial score (nSPS) is 20.7. The van der Waals surface area contributed by atoms with Gasteiger partial charge < -0.3 is 15.3 Å². The van der Waals surface area contributed by atoms with Gasteiger partial charge in [-0.2, -0.15) is 13.2 Å². The second-order valence-electron chi connectivity index (χ2n) is 7.69. The number of hydrogen-bond acceptors (Lipinski definition) is 6. The van der Waals surface area contributed by atoms with Crippen molar-refractivity contribution in [1.29, 1.82) is 0 Å². The van der Waals surface area contributed by atoms with Crippen molar-refractivity contribution >= 4 is 50.3 Å². The highest BCUT2D eigenvalue weighted by molar-refractivity contribution is 7.22. The molecule has 1 saturated heterocycles. The molecule has 4 N–H and O–H groups in total. The molecule has 4 rings (SSSR count). The van der Waals surface area contributed by atoms with Gasteiger partial charge in [-0.05, 0) is 42.0 Å². The Morgan fingerprint density at radius 1 is 1.20 bits per heavy atom. The largest absolute Gasteiger partial charge is 0.480 e. The van der Waals surface area contributed by atoms with E-state index in [0.717, 1.165) is 42.6 Å². The first-order valence-electron chi connectivity index (χ1n) is 9.99. The number of carbonyl (C=O) groups excluding carboxylic acids is 2. The van der Waals surface area contributed by atoms with E-state index in [0.29, 0.717) is 10.6 Å².